The van der Waals surface area contributed by atoms with E-state index in [1.807, 2.05) is 0 Å². The molecule has 1 aromatic rings. The lowest BCUT2D eigenvalue weighted by atomic mass is 10.1. The zero-order valence-corrected chi connectivity index (χ0v) is 10.4. The molecule has 0 spiro atoms. The maximum atomic E-state index is 12.0. The van der Waals surface area contributed by atoms with Gasteiger partial charge in [-0.25, -0.2) is 0 Å². The first-order chi connectivity index (χ1) is 8.72. The van der Waals surface area contributed by atoms with Crippen LogP contribution in [0.5, 0.6) is 0 Å². The van der Waals surface area contributed by atoms with Crippen molar-refractivity contribution in [1.82, 2.24) is 4.90 Å². The van der Waals surface area contributed by atoms with Crippen LogP contribution in [-0.2, 0) is 4.79 Å². The number of anilines is 1. The van der Waals surface area contributed by atoms with E-state index in [0.29, 0.717) is 11.4 Å². The first-order valence-corrected chi connectivity index (χ1v) is 6.19. The third-order valence-electron chi connectivity index (χ3n) is 3.33. The van der Waals surface area contributed by atoms with Crippen LogP contribution in [0.4, 0.5) is 11.4 Å². The minimum atomic E-state index is 0.0535. The normalized spacial score (nSPS) is 19.7. The van der Waals surface area contributed by atoms with Crippen molar-refractivity contribution in [2.75, 3.05) is 25.0 Å². The molecule has 2 rings (SSSR count). The van der Waals surface area contributed by atoms with Crippen LogP contribution in [0.1, 0.15) is 13.3 Å². The second kappa shape index (κ2) is 5.73. The van der Waals surface area contributed by atoms with E-state index >= 15 is 0 Å². The molecule has 1 fully saturated rings. The van der Waals surface area contributed by atoms with E-state index in [1.54, 1.807) is 24.3 Å². The number of likely N-dealkylation sites (tertiary alicyclic amines) is 1. The van der Waals surface area contributed by atoms with Gasteiger partial charge in [0, 0.05) is 12.2 Å². The summed E-state index contributed by atoms with van der Waals surface area (Å²) in [5, 5.41) is 5.69. The van der Waals surface area contributed by atoms with Crippen molar-refractivity contribution in [2.24, 2.45) is 11.1 Å². The van der Waals surface area contributed by atoms with E-state index in [-0.39, 0.29) is 11.8 Å². The van der Waals surface area contributed by atoms with E-state index in [2.05, 4.69) is 22.3 Å². The summed E-state index contributed by atoms with van der Waals surface area (Å²) in [7, 11) is 0. The molecule has 5 nitrogen and oxygen atoms in total. The molecule has 1 heterocycles. The number of benzene rings is 1. The smallest absolute Gasteiger partial charge is 0.228 e. The number of carbonyl (C=O) groups is 1. The summed E-state index contributed by atoms with van der Waals surface area (Å²) in [6.07, 6.45) is 0.910. The summed E-state index contributed by atoms with van der Waals surface area (Å²) in [5.41, 5.74) is 1.08. The SMILES string of the molecule is CCN1CCC(C(=O)Nc2ccc(N=O)cc2)C1. The standard InChI is InChI=1S/C13H17N3O2/c1-2-16-8-7-10(9-16)13(17)14-11-3-5-12(15-18)6-4-11/h3-6,10H,2,7-9H2,1H3,(H,14,17). The van der Waals surface area contributed by atoms with Gasteiger partial charge in [0.1, 0.15) is 5.69 Å². The molecule has 0 saturated carbocycles. The topological polar surface area (TPSA) is 61.8 Å². The lowest BCUT2D eigenvalue weighted by molar-refractivity contribution is -0.119. The zero-order chi connectivity index (χ0) is 13.0. The Morgan fingerprint density at radius 2 is 2.17 bits per heavy atom. The largest absolute Gasteiger partial charge is 0.326 e. The Morgan fingerprint density at radius 3 is 2.72 bits per heavy atom. The molecule has 18 heavy (non-hydrogen) atoms. The van der Waals surface area contributed by atoms with Crippen LogP contribution in [0.15, 0.2) is 29.4 Å². The van der Waals surface area contributed by atoms with Crippen molar-refractivity contribution >= 4 is 17.3 Å². The molecule has 0 aliphatic carbocycles. The van der Waals surface area contributed by atoms with Gasteiger partial charge in [-0.3, -0.25) is 4.79 Å². The summed E-state index contributed by atoms with van der Waals surface area (Å²) < 4.78 is 0. The number of rotatable bonds is 4. The number of amides is 1. The Kier molecular flexibility index (Phi) is 4.04. The molecule has 1 atom stereocenters. The van der Waals surface area contributed by atoms with Crippen LogP contribution in [-0.4, -0.2) is 30.4 Å². The molecule has 1 saturated heterocycles. The van der Waals surface area contributed by atoms with Gasteiger partial charge in [0.15, 0.2) is 0 Å². The fourth-order valence-electron chi connectivity index (χ4n) is 2.18. The van der Waals surface area contributed by atoms with E-state index in [4.69, 9.17) is 0 Å². The molecule has 0 bridgehead atoms. The highest BCUT2D eigenvalue weighted by atomic mass is 16.3. The van der Waals surface area contributed by atoms with Crippen LogP contribution in [0.3, 0.4) is 0 Å². The quantitative estimate of drug-likeness (QED) is 0.831. The number of carbonyl (C=O) groups excluding carboxylic acids is 1. The van der Waals surface area contributed by atoms with E-state index < -0.39 is 0 Å². The second-order valence-corrected chi connectivity index (χ2v) is 4.51. The van der Waals surface area contributed by atoms with Gasteiger partial charge < -0.3 is 10.2 Å². The van der Waals surface area contributed by atoms with Gasteiger partial charge in [0.25, 0.3) is 0 Å². The van der Waals surface area contributed by atoms with E-state index in [9.17, 15) is 9.70 Å². The fourth-order valence-corrected chi connectivity index (χ4v) is 2.18. The van der Waals surface area contributed by atoms with Crippen molar-refractivity contribution < 1.29 is 4.79 Å². The van der Waals surface area contributed by atoms with E-state index in [1.165, 1.54) is 0 Å². The van der Waals surface area contributed by atoms with Crippen molar-refractivity contribution in [2.45, 2.75) is 13.3 Å². The number of nitrogens with zero attached hydrogens (tertiary/aromatic N) is 2. The predicted octanol–water partition coefficient (Wildman–Crippen LogP) is 2.36. The van der Waals surface area contributed by atoms with Crippen LogP contribution >= 0.6 is 0 Å². The average molecular weight is 247 g/mol. The van der Waals surface area contributed by atoms with Crippen molar-refractivity contribution in [3.8, 4) is 0 Å². The van der Waals surface area contributed by atoms with Crippen LogP contribution in [0, 0.1) is 10.8 Å². The van der Waals surface area contributed by atoms with Crippen molar-refractivity contribution in [1.29, 1.82) is 0 Å². The van der Waals surface area contributed by atoms with E-state index in [0.717, 1.165) is 26.1 Å². The Labute approximate surface area is 106 Å². The molecular formula is C13H17N3O2. The first kappa shape index (κ1) is 12.7. The summed E-state index contributed by atoms with van der Waals surface area (Å²) in [4.78, 5) is 24.6. The lowest BCUT2D eigenvalue weighted by Gasteiger charge is -2.13. The zero-order valence-electron chi connectivity index (χ0n) is 10.4. The molecule has 5 heteroatoms. The maximum Gasteiger partial charge on any atom is 0.228 e. The van der Waals surface area contributed by atoms with Crippen LogP contribution in [0.2, 0.25) is 0 Å². The van der Waals surface area contributed by atoms with Crippen molar-refractivity contribution in [3.63, 3.8) is 0 Å². The monoisotopic (exact) mass is 247 g/mol. The highest BCUT2D eigenvalue weighted by Crippen LogP contribution is 2.20. The third-order valence-corrected chi connectivity index (χ3v) is 3.33. The van der Waals surface area contributed by atoms with Gasteiger partial charge in [0.05, 0.1) is 5.92 Å². The van der Waals surface area contributed by atoms with Crippen LogP contribution in [0.25, 0.3) is 0 Å². The van der Waals surface area contributed by atoms with Crippen LogP contribution < -0.4 is 5.32 Å². The van der Waals surface area contributed by atoms with Gasteiger partial charge in [0.2, 0.25) is 5.91 Å². The van der Waals surface area contributed by atoms with Gasteiger partial charge in [-0.2, -0.15) is 0 Å². The summed E-state index contributed by atoms with van der Waals surface area (Å²) in [6, 6.07) is 6.58. The van der Waals surface area contributed by atoms with Gasteiger partial charge >= 0.3 is 0 Å². The third kappa shape index (κ3) is 2.92. The predicted molar refractivity (Wildman–Crippen MR) is 70.7 cm³/mol. The summed E-state index contributed by atoms with van der Waals surface area (Å²) in [5.74, 6) is 0.117. The number of hydrogen-bond acceptors (Lipinski definition) is 4. The Morgan fingerprint density at radius 1 is 1.44 bits per heavy atom. The Balaban J connectivity index is 1.92. The maximum absolute atomic E-state index is 12.0. The number of nitroso groups, excluding NO2 is 1. The minimum absolute atomic E-state index is 0.0535. The Hall–Kier alpha value is -1.75. The van der Waals surface area contributed by atoms with Crippen molar-refractivity contribution in [3.05, 3.63) is 29.2 Å². The molecule has 0 aromatic heterocycles. The van der Waals surface area contributed by atoms with Gasteiger partial charge in [-0.15, -0.1) is 4.91 Å². The second-order valence-electron chi connectivity index (χ2n) is 4.51. The van der Waals surface area contributed by atoms with Gasteiger partial charge in [-0.05, 0) is 49.0 Å². The highest BCUT2D eigenvalue weighted by molar-refractivity contribution is 5.93. The molecule has 1 aliphatic rings. The minimum Gasteiger partial charge on any atom is -0.326 e. The molecular weight excluding hydrogens is 230 g/mol. The molecule has 0 radical (unpaired) electrons. The number of hydrogen-bond donors (Lipinski definition) is 1. The summed E-state index contributed by atoms with van der Waals surface area (Å²) >= 11 is 0. The molecule has 1 unspecified atom stereocenters. The summed E-state index contributed by atoms with van der Waals surface area (Å²) in [6.45, 7) is 4.91. The highest BCUT2D eigenvalue weighted by Gasteiger charge is 2.27. The lowest BCUT2D eigenvalue weighted by Crippen LogP contribution is -2.26. The first-order valence-electron chi connectivity index (χ1n) is 6.19. The number of nitrogens with one attached hydrogen (secondary N) is 1. The molecule has 1 amide bonds. The molecule has 1 aliphatic heterocycles. The Bertz CT molecular complexity index is 430. The molecule has 1 aromatic carbocycles. The fraction of sp³-hybridized carbons (Fsp3) is 0.462. The molecule has 1 N–H and O–H groups in total. The molecule has 96 valence electrons. The van der Waals surface area contributed by atoms with Gasteiger partial charge in [-0.1, -0.05) is 6.92 Å². The average Bonchev–Trinajstić information content (AvgIpc) is 2.88.